The van der Waals surface area contributed by atoms with E-state index in [0.717, 1.165) is 0 Å². The first-order valence-corrected chi connectivity index (χ1v) is 5.31. The van der Waals surface area contributed by atoms with Gasteiger partial charge in [0.25, 0.3) is 0 Å². The van der Waals surface area contributed by atoms with Crippen molar-refractivity contribution in [1.82, 2.24) is 4.90 Å². The minimum Gasteiger partial charge on any atom is -0.300 e. The maximum atomic E-state index is 2.60. The molecule has 5 heteroatoms. The van der Waals surface area contributed by atoms with Crippen LogP contribution < -0.4 is 0 Å². The van der Waals surface area contributed by atoms with Gasteiger partial charge in [-0.15, -0.1) is 0 Å². The predicted molar refractivity (Wildman–Crippen MR) is 70.9 cm³/mol. The topological polar surface area (TPSA) is 3.24 Å². The van der Waals surface area contributed by atoms with Gasteiger partial charge in [-0.05, 0) is 33.9 Å². The van der Waals surface area contributed by atoms with Crippen LogP contribution in [0.25, 0.3) is 0 Å². The van der Waals surface area contributed by atoms with E-state index in [2.05, 4.69) is 57.1 Å². The van der Waals surface area contributed by atoms with E-state index >= 15 is 0 Å². The Balaban J connectivity index is 2.83. The summed E-state index contributed by atoms with van der Waals surface area (Å²) < 4.78 is 0. The normalized spacial score (nSPS) is 27.6. The van der Waals surface area contributed by atoms with Gasteiger partial charge < -0.3 is 4.90 Å². The maximum Gasteiger partial charge on any atom is 0.0998 e. The second kappa shape index (κ2) is 2.85. The molecule has 0 bridgehead atoms. The molecule has 0 amide bonds. The Kier molecular flexibility index (Phi) is 2.48. The lowest BCUT2D eigenvalue weighted by molar-refractivity contribution is 0.172. The average Bonchev–Trinajstić information content (AvgIpc) is 2.00. The number of rotatable bonds is 0. The molecule has 13 heavy (non-hydrogen) atoms. The summed E-state index contributed by atoms with van der Waals surface area (Å²) in [5.41, 5.74) is 0.324. The van der Waals surface area contributed by atoms with Crippen LogP contribution in [0.4, 0.5) is 0 Å². The summed E-state index contributed by atoms with van der Waals surface area (Å²) in [6.45, 7) is 9.38. The van der Waals surface area contributed by atoms with Gasteiger partial charge in [0.1, 0.15) is 0 Å². The van der Waals surface area contributed by atoms with E-state index in [1.54, 1.807) is 0 Å². The molecular formula is C8H21B4N. The number of hydrogen-bond acceptors (Lipinski definition) is 1. The number of hydrogen-bond donors (Lipinski definition) is 0. The molecule has 1 aliphatic rings. The molecule has 0 saturated carbocycles. The predicted octanol–water partition coefficient (Wildman–Crippen LogP) is -2.13. The van der Waals surface area contributed by atoms with Crippen LogP contribution in [0.15, 0.2) is 0 Å². The van der Waals surface area contributed by atoms with Gasteiger partial charge in [0, 0.05) is 5.54 Å². The molecule has 70 valence electrons. The fraction of sp³-hybridized carbons (Fsp3) is 1.00. The van der Waals surface area contributed by atoms with Crippen LogP contribution in [-0.4, -0.2) is 54.9 Å². The Morgan fingerprint density at radius 3 is 1.38 bits per heavy atom. The largest absolute Gasteiger partial charge is 0.300 e. The lowest BCUT2D eigenvalue weighted by Crippen LogP contribution is -2.40. The second-order valence-corrected chi connectivity index (χ2v) is 6.79. The molecule has 1 aliphatic heterocycles. The van der Waals surface area contributed by atoms with Gasteiger partial charge in [-0.1, -0.05) is 10.4 Å². The number of nitrogens with zero attached hydrogens (tertiary/aromatic N) is 1. The van der Waals surface area contributed by atoms with Crippen molar-refractivity contribution in [2.45, 2.75) is 36.7 Å². The van der Waals surface area contributed by atoms with Crippen LogP contribution in [0, 0.1) is 0 Å². The van der Waals surface area contributed by atoms with Gasteiger partial charge in [0.15, 0.2) is 0 Å². The second-order valence-electron chi connectivity index (χ2n) is 6.79. The molecule has 0 aromatic carbocycles. The zero-order chi connectivity index (χ0) is 10.5. The zero-order valence-electron chi connectivity index (χ0n) is 10.4. The fourth-order valence-electron chi connectivity index (χ4n) is 1.91. The van der Waals surface area contributed by atoms with Crippen LogP contribution in [0.2, 0.25) is 10.4 Å². The summed E-state index contributed by atoms with van der Waals surface area (Å²) in [6, 6.07) is 0. The van der Waals surface area contributed by atoms with Crippen molar-refractivity contribution in [3.63, 3.8) is 0 Å². The quantitative estimate of drug-likeness (QED) is 0.379. The minimum absolute atomic E-state index is 0.324. The Hall–Kier alpha value is 0.220. The SMILES string of the molecule is BC1(B)CN(C(C)(C)C)CC1(B)B. The highest BCUT2D eigenvalue weighted by molar-refractivity contribution is 6.54. The van der Waals surface area contributed by atoms with Crippen LogP contribution in [0.5, 0.6) is 0 Å². The first kappa shape index (κ1) is 11.3. The van der Waals surface area contributed by atoms with Crippen LogP contribution in [0.3, 0.4) is 0 Å². The molecule has 0 aliphatic carbocycles. The molecule has 0 radical (unpaired) electrons. The lowest BCUT2D eigenvalue weighted by atomic mass is 9.31. The standard InChI is InChI=1S/C8H21B4N/c1-6(2,3)13-4-7(9,10)8(11,12)5-13/h4-5,9-12H2,1-3H3. The molecule has 0 N–H and O–H groups in total. The molecule has 1 fully saturated rings. The van der Waals surface area contributed by atoms with Crippen LogP contribution in [0.1, 0.15) is 20.8 Å². The molecule has 1 saturated heterocycles. The summed E-state index contributed by atoms with van der Waals surface area (Å²) in [6.07, 6.45) is 0. The van der Waals surface area contributed by atoms with E-state index < -0.39 is 0 Å². The van der Waals surface area contributed by atoms with E-state index in [9.17, 15) is 0 Å². The van der Waals surface area contributed by atoms with Gasteiger partial charge in [0.05, 0.1) is 31.4 Å². The molecule has 0 aromatic heterocycles. The molecule has 1 nitrogen and oxygen atoms in total. The third-order valence-electron chi connectivity index (χ3n) is 3.95. The molecular weight excluding hydrogens is 153 g/mol. The number of likely N-dealkylation sites (tertiary alicyclic amines) is 1. The van der Waals surface area contributed by atoms with Gasteiger partial charge in [-0.25, -0.2) is 0 Å². The van der Waals surface area contributed by atoms with Crippen molar-refractivity contribution in [3.8, 4) is 0 Å². The minimum atomic E-state index is 0.324. The van der Waals surface area contributed by atoms with Crippen LogP contribution >= 0.6 is 0 Å². The Morgan fingerprint density at radius 2 is 1.23 bits per heavy atom. The molecule has 1 rings (SSSR count). The smallest absolute Gasteiger partial charge is 0.0998 e. The van der Waals surface area contributed by atoms with E-state index in [1.165, 1.54) is 13.1 Å². The van der Waals surface area contributed by atoms with Gasteiger partial charge >= 0.3 is 0 Å². The summed E-state index contributed by atoms with van der Waals surface area (Å²) in [5.74, 6) is 0. The lowest BCUT2D eigenvalue weighted by Gasteiger charge is -2.33. The van der Waals surface area contributed by atoms with Crippen molar-refractivity contribution in [2.24, 2.45) is 0 Å². The summed E-state index contributed by atoms with van der Waals surface area (Å²) in [4.78, 5) is 2.60. The summed E-state index contributed by atoms with van der Waals surface area (Å²) in [5, 5.41) is 0.889. The monoisotopic (exact) mass is 175 g/mol. The molecule has 0 spiro atoms. The molecule has 0 atom stereocenters. The average molecular weight is 175 g/mol. The van der Waals surface area contributed by atoms with E-state index in [-0.39, 0.29) is 0 Å². The first-order valence-electron chi connectivity index (χ1n) is 5.31. The van der Waals surface area contributed by atoms with E-state index in [4.69, 9.17) is 0 Å². The molecule has 0 aromatic rings. The Bertz CT molecular complexity index is 191. The van der Waals surface area contributed by atoms with Crippen LogP contribution in [-0.2, 0) is 0 Å². The fourth-order valence-corrected chi connectivity index (χ4v) is 1.91. The maximum absolute atomic E-state index is 2.60. The van der Waals surface area contributed by atoms with E-state index in [0.29, 0.717) is 16.0 Å². The summed E-state index contributed by atoms with van der Waals surface area (Å²) in [7, 11) is 9.55. The van der Waals surface area contributed by atoms with Gasteiger partial charge in [0.2, 0.25) is 0 Å². The third kappa shape index (κ3) is 2.01. The van der Waals surface area contributed by atoms with Crippen molar-refractivity contribution in [1.29, 1.82) is 0 Å². The van der Waals surface area contributed by atoms with Gasteiger partial charge in [-0.2, -0.15) is 0 Å². The van der Waals surface area contributed by atoms with Crippen molar-refractivity contribution in [3.05, 3.63) is 0 Å². The van der Waals surface area contributed by atoms with Crippen molar-refractivity contribution in [2.75, 3.05) is 13.1 Å². The highest BCUT2D eigenvalue weighted by Gasteiger charge is 2.47. The Labute approximate surface area is 86.7 Å². The molecule has 0 unspecified atom stereocenters. The first-order chi connectivity index (χ1) is 5.56. The highest BCUT2D eigenvalue weighted by Crippen LogP contribution is 2.49. The van der Waals surface area contributed by atoms with Crippen molar-refractivity contribution >= 4 is 31.4 Å². The Morgan fingerprint density at radius 1 is 0.923 bits per heavy atom. The summed E-state index contributed by atoms with van der Waals surface area (Å²) >= 11 is 0. The molecule has 1 heterocycles. The third-order valence-corrected chi connectivity index (χ3v) is 3.95. The van der Waals surface area contributed by atoms with Crippen molar-refractivity contribution < 1.29 is 0 Å². The van der Waals surface area contributed by atoms with E-state index in [1.807, 2.05) is 0 Å². The zero-order valence-corrected chi connectivity index (χ0v) is 10.4. The highest BCUT2D eigenvalue weighted by atomic mass is 15.2. The van der Waals surface area contributed by atoms with Gasteiger partial charge in [-0.3, -0.25) is 0 Å².